The summed E-state index contributed by atoms with van der Waals surface area (Å²) in [6, 6.07) is 9.16. The average molecular weight is 259 g/mol. The number of pyridine rings is 1. The van der Waals surface area contributed by atoms with E-state index in [0.29, 0.717) is 11.3 Å². The molecule has 0 aliphatic rings. The Kier molecular flexibility index (Phi) is 3.75. The van der Waals surface area contributed by atoms with Crippen molar-refractivity contribution in [3.05, 3.63) is 54.0 Å². The van der Waals surface area contributed by atoms with Crippen LogP contribution in [0.5, 0.6) is 0 Å². The van der Waals surface area contributed by atoms with Crippen molar-refractivity contribution < 1.29 is 9.18 Å². The fraction of sp³-hybridized carbons (Fsp3) is 0.143. The van der Waals surface area contributed by atoms with Crippen LogP contribution in [0.25, 0.3) is 0 Å². The lowest BCUT2D eigenvalue weighted by Crippen LogP contribution is -2.26. The van der Waals surface area contributed by atoms with Crippen molar-refractivity contribution >= 4 is 17.4 Å². The van der Waals surface area contributed by atoms with E-state index < -0.39 is 5.82 Å². The molecule has 0 fully saturated rings. The van der Waals surface area contributed by atoms with Gasteiger partial charge in [0, 0.05) is 19.7 Å². The third-order valence-corrected chi connectivity index (χ3v) is 2.77. The zero-order chi connectivity index (χ0) is 13.8. The van der Waals surface area contributed by atoms with E-state index in [1.165, 1.54) is 23.1 Å². The first kappa shape index (κ1) is 13.0. The second kappa shape index (κ2) is 5.48. The van der Waals surface area contributed by atoms with Crippen molar-refractivity contribution in [1.82, 2.24) is 4.98 Å². The summed E-state index contributed by atoms with van der Waals surface area (Å²) in [5, 5.41) is 2.90. The molecule has 19 heavy (non-hydrogen) atoms. The molecule has 0 saturated heterocycles. The summed E-state index contributed by atoms with van der Waals surface area (Å²) >= 11 is 0. The van der Waals surface area contributed by atoms with Crippen LogP contribution in [-0.4, -0.2) is 25.0 Å². The van der Waals surface area contributed by atoms with E-state index in [1.54, 1.807) is 38.5 Å². The molecule has 0 bridgehead atoms. The first-order valence-electron chi connectivity index (χ1n) is 5.79. The molecule has 0 aliphatic heterocycles. The predicted molar refractivity (Wildman–Crippen MR) is 72.9 cm³/mol. The summed E-state index contributed by atoms with van der Waals surface area (Å²) in [7, 11) is 3.40. The minimum Gasteiger partial charge on any atom is -0.373 e. The Labute approximate surface area is 110 Å². The van der Waals surface area contributed by atoms with Crippen LogP contribution in [0.4, 0.5) is 15.9 Å². The Bertz CT molecular complexity index is 583. The lowest BCUT2D eigenvalue weighted by molar-refractivity contribution is 0.0992. The number of nitrogens with one attached hydrogen (secondary N) is 1. The zero-order valence-corrected chi connectivity index (χ0v) is 10.7. The zero-order valence-electron chi connectivity index (χ0n) is 10.7. The van der Waals surface area contributed by atoms with Gasteiger partial charge in [0.15, 0.2) is 0 Å². The molecule has 1 aromatic carbocycles. The van der Waals surface area contributed by atoms with Gasteiger partial charge in [0.25, 0.3) is 5.91 Å². The van der Waals surface area contributed by atoms with Crippen LogP contribution in [-0.2, 0) is 0 Å². The first-order chi connectivity index (χ1) is 9.11. The van der Waals surface area contributed by atoms with Crippen molar-refractivity contribution in [2.45, 2.75) is 0 Å². The van der Waals surface area contributed by atoms with Crippen molar-refractivity contribution in [2.75, 3.05) is 24.3 Å². The highest BCUT2D eigenvalue weighted by Gasteiger charge is 2.14. The van der Waals surface area contributed by atoms with Crippen LogP contribution in [0, 0.1) is 5.82 Å². The summed E-state index contributed by atoms with van der Waals surface area (Å²) < 4.78 is 13.1. The van der Waals surface area contributed by atoms with E-state index in [0.717, 1.165) is 5.82 Å². The molecule has 0 unspecified atom stereocenters. The standard InChI is InChI=1S/C14H14FN3O/c1-16-13-7-6-12(9-17-13)18(2)14(19)10-4-3-5-11(15)8-10/h3-9H,1-2H3,(H,16,17). The number of nitrogens with zero attached hydrogens (tertiary/aromatic N) is 2. The number of carbonyl (C=O) groups is 1. The third-order valence-electron chi connectivity index (χ3n) is 2.77. The normalized spacial score (nSPS) is 10.1. The largest absolute Gasteiger partial charge is 0.373 e. The van der Waals surface area contributed by atoms with Gasteiger partial charge in [0.2, 0.25) is 0 Å². The Morgan fingerprint density at radius 2 is 2.11 bits per heavy atom. The highest BCUT2D eigenvalue weighted by molar-refractivity contribution is 6.05. The summed E-state index contributed by atoms with van der Waals surface area (Å²) in [5.74, 6) is 0.0109. The number of halogens is 1. The van der Waals surface area contributed by atoms with Crippen LogP contribution >= 0.6 is 0 Å². The quantitative estimate of drug-likeness (QED) is 0.921. The van der Waals surface area contributed by atoms with Crippen LogP contribution < -0.4 is 10.2 Å². The van der Waals surface area contributed by atoms with Crippen LogP contribution in [0.3, 0.4) is 0 Å². The number of rotatable bonds is 3. The maximum Gasteiger partial charge on any atom is 0.258 e. The number of amides is 1. The van der Waals surface area contributed by atoms with Gasteiger partial charge in [-0.2, -0.15) is 0 Å². The smallest absolute Gasteiger partial charge is 0.258 e. The number of hydrogen-bond donors (Lipinski definition) is 1. The van der Waals surface area contributed by atoms with Crippen LogP contribution in [0.15, 0.2) is 42.6 Å². The van der Waals surface area contributed by atoms with Gasteiger partial charge in [-0.3, -0.25) is 4.79 Å². The van der Waals surface area contributed by atoms with Gasteiger partial charge in [0.05, 0.1) is 11.9 Å². The Morgan fingerprint density at radius 3 is 2.68 bits per heavy atom. The average Bonchev–Trinajstić information content (AvgIpc) is 2.46. The van der Waals surface area contributed by atoms with E-state index in [2.05, 4.69) is 10.3 Å². The van der Waals surface area contributed by atoms with Crippen molar-refractivity contribution in [2.24, 2.45) is 0 Å². The molecule has 0 atom stereocenters. The molecule has 2 aromatic rings. The molecule has 1 N–H and O–H groups in total. The molecule has 0 radical (unpaired) electrons. The van der Waals surface area contributed by atoms with Gasteiger partial charge in [-0.15, -0.1) is 0 Å². The molecule has 4 nitrogen and oxygen atoms in total. The minimum absolute atomic E-state index is 0.279. The van der Waals surface area contributed by atoms with Gasteiger partial charge < -0.3 is 10.2 Å². The number of hydrogen-bond acceptors (Lipinski definition) is 3. The summed E-state index contributed by atoms with van der Waals surface area (Å²) in [6.45, 7) is 0. The number of carbonyl (C=O) groups excluding carboxylic acids is 1. The van der Waals surface area contributed by atoms with E-state index in [1.807, 2.05) is 0 Å². The SMILES string of the molecule is CNc1ccc(N(C)C(=O)c2cccc(F)c2)cn1. The number of benzene rings is 1. The molecular weight excluding hydrogens is 245 g/mol. The predicted octanol–water partition coefficient (Wildman–Crippen LogP) is 2.54. The lowest BCUT2D eigenvalue weighted by atomic mass is 10.2. The highest BCUT2D eigenvalue weighted by Crippen LogP contribution is 2.16. The fourth-order valence-electron chi connectivity index (χ4n) is 1.66. The topological polar surface area (TPSA) is 45.2 Å². The number of anilines is 2. The highest BCUT2D eigenvalue weighted by atomic mass is 19.1. The van der Waals surface area contributed by atoms with Gasteiger partial charge >= 0.3 is 0 Å². The maximum absolute atomic E-state index is 13.1. The van der Waals surface area contributed by atoms with E-state index in [-0.39, 0.29) is 5.91 Å². The monoisotopic (exact) mass is 259 g/mol. The lowest BCUT2D eigenvalue weighted by Gasteiger charge is -2.17. The third kappa shape index (κ3) is 2.88. The molecule has 2 rings (SSSR count). The van der Waals surface area contributed by atoms with Crippen molar-refractivity contribution in [3.63, 3.8) is 0 Å². The van der Waals surface area contributed by atoms with E-state index in [9.17, 15) is 9.18 Å². The molecule has 0 spiro atoms. The number of aromatic nitrogens is 1. The Balaban J connectivity index is 2.23. The molecule has 1 amide bonds. The van der Waals surface area contributed by atoms with E-state index >= 15 is 0 Å². The maximum atomic E-state index is 13.1. The minimum atomic E-state index is -0.428. The van der Waals surface area contributed by atoms with Gasteiger partial charge in [-0.05, 0) is 30.3 Å². The van der Waals surface area contributed by atoms with Crippen LogP contribution in [0.1, 0.15) is 10.4 Å². The van der Waals surface area contributed by atoms with Gasteiger partial charge in [-0.25, -0.2) is 9.37 Å². The molecule has 98 valence electrons. The van der Waals surface area contributed by atoms with Gasteiger partial charge in [0.1, 0.15) is 11.6 Å². The summed E-state index contributed by atoms with van der Waals surface area (Å²) in [5.41, 5.74) is 0.952. The Morgan fingerprint density at radius 1 is 1.32 bits per heavy atom. The van der Waals surface area contributed by atoms with E-state index in [4.69, 9.17) is 0 Å². The second-order valence-corrected chi connectivity index (χ2v) is 4.03. The van der Waals surface area contributed by atoms with Crippen molar-refractivity contribution in [3.8, 4) is 0 Å². The fourth-order valence-corrected chi connectivity index (χ4v) is 1.66. The summed E-state index contributed by atoms with van der Waals surface area (Å²) in [4.78, 5) is 17.7. The Hall–Kier alpha value is -2.43. The molecule has 0 saturated carbocycles. The molecule has 1 heterocycles. The summed E-state index contributed by atoms with van der Waals surface area (Å²) in [6.07, 6.45) is 1.59. The van der Waals surface area contributed by atoms with Crippen molar-refractivity contribution in [1.29, 1.82) is 0 Å². The molecule has 5 heteroatoms. The molecule has 1 aromatic heterocycles. The van der Waals surface area contributed by atoms with Crippen LogP contribution in [0.2, 0.25) is 0 Å². The van der Waals surface area contributed by atoms with Gasteiger partial charge in [-0.1, -0.05) is 6.07 Å². The second-order valence-electron chi connectivity index (χ2n) is 4.03. The molecular formula is C14H14FN3O. The first-order valence-corrected chi connectivity index (χ1v) is 5.79. The molecule has 0 aliphatic carbocycles.